The van der Waals surface area contributed by atoms with Gasteiger partial charge in [-0.1, -0.05) is 25.8 Å². The van der Waals surface area contributed by atoms with Gasteiger partial charge in [0.15, 0.2) is 17.4 Å². The number of hydrogen-bond donors (Lipinski definition) is 0. The summed E-state index contributed by atoms with van der Waals surface area (Å²) in [7, 11) is 0. The van der Waals surface area contributed by atoms with Crippen molar-refractivity contribution in [2.75, 3.05) is 0 Å². The molecule has 34 heavy (non-hydrogen) atoms. The predicted molar refractivity (Wildman–Crippen MR) is 113 cm³/mol. The van der Waals surface area contributed by atoms with Gasteiger partial charge in [-0.05, 0) is 55.0 Å². The van der Waals surface area contributed by atoms with Gasteiger partial charge in [0.05, 0.1) is 6.26 Å². The maximum Gasteiger partial charge on any atom is 0.422 e. The lowest BCUT2D eigenvalue weighted by Gasteiger charge is -2.27. The van der Waals surface area contributed by atoms with Gasteiger partial charge in [0.1, 0.15) is 11.6 Å². The second-order valence-electron chi connectivity index (χ2n) is 7.97. The molecule has 3 rings (SSSR count). The summed E-state index contributed by atoms with van der Waals surface area (Å²) in [6.07, 6.45) is -1.02. The van der Waals surface area contributed by atoms with Gasteiger partial charge in [-0.15, -0.1) is 0 Å². The van der Waals surface area contributed by atoms with Crippen molar-refractivity contribution in [3.8, 4) is 22.6 Å². The van der Waals surface area contributed by atoms with E-state index in [0.717, 1.165) is 37.1 Å². The third kappa shape index (κ3) is 6.33. The molecule has 0 bridgehead atoms. The Labute approximate surface area is 192 Å². The number of halogens is 7. The molecule has 0 saturated carbocycles. The Morgan fingerprint density at radius 3 is 2.32 bits per heavy atom. The third-order valence-electron chi connectivity index (χ3n) is 5.50. The Morgan fingerprint density at radius 2 is 1.76 bits per heavy atom. The van der Waals surface area contributed by atoms with E-state index in [0.29, 0.717) is 31.1 Å². The number of hydrogen-bond acceptors (Lipinski definition) is 2. The maximum absolute atomic E-state index is 14.6. The Balaban J connectivity index is 1.76. The van der Waals surface area contributed by atoms with Gasteiger partial charge in [-0.25, -0.2) is 22.0 Å². The number of benzene rings is 2. The van der Waals surface area contributed by atoms with E-state index in [-0.39, 0.29) is 29.2 Å². The molecule has 2 nitrogen and oxygen atoms in total. The van der Waals surface area contributed by atoms with Gasteiger partial charge in [-0.2, -0.15) is 8.78 Å². The summed E-state index contributed by atoms with van der Waals surface area (Å²) in [5.41, 5.74) is -0.680. The van der Waals surface area contributed by atoms with Gasteiger partial charge < -0.3 is 9.47 Å². The average molecular weight is 488 g/mol. The van der Waals surface area contributed by atoms with Gasteiger partial charge in [0, 0.05) is 23.3 Å². The number of allylic oxidation sites excluding steroid dienone is 2. The lowest BCUT2D eigenvalue weighted by atomic mass is 9.86. The van der Waals surface area contributed by atoms with Crippen molar-refractivity contribution in [2.45, 2.75) is 51.6 Å². The molecule has 0 heterocycles. The predicted octanol–water partition coefficient (Wildman–Crippen LogP) is 8.43. The van der Waals surface area contributed by atoms with Crippen molar-refractivity contribution >= 4 is 0 Å². The van der Waals surface area contributed by atoms with E-state index in [1.807, 2.05) is 6.92 Å². The van der Waals surface area contributed by atoms with Crippen LogP contribution >= 0.6 is 0 Å². The largest absolute Gasteiger partial charge is 0.459 e. The molecular weight excluding hydrogens is 465 g/mol. The monoisotopic (exact) mass is 488 g/mol. The second kappa shape index (κ2) is 11.0. The molecule has 2 aromatic rings. The summed E-state index contributed by atoms with van der Waals surface area (Å²) >= 11 is 0. The fourth-order valence-electron chi connectivity index (χ4n) is 3.82. The highest BCUT2D eigenvalue weighted by atomic mass is 19.3. The highest BCUT2D eigenvalue weighted by Gasteiger charge is 2.38. The van der Waals surface area contributed by atoms with Gasteiger partial charge in [0.2, 0.25) is 0 Å². The molecule has 1 aliphatic carbocycles. The summed E-state index contributed by atoms with van der Waals surface area (Å²) in [5, 5.41) is 0. The van der Waals surface area contributed by atoms with Gasteiger partial charge in [0.25, 0.3) is 6.43 Å². The zero-order chi connectivity index (χ0) is 24.9. The van der Waals surface area contributed by atoms with E-state index < -0.39 is 41.5 Å². The summed E-state index contributed by atoms with van der Waals surface area (Å²) < 4.78 is 106. The Hall–Kier alpha value is -2.97. The standard InChI is InChI=1S/C25H23F7O2/c1-2-3-15-4-6-17(7-5-15)25(31,32)34-18-8-9-19(20(26)14-18)16-12-21(27)24(22(28)13-16)33-11-10-23(29)30/h6,8-15,23H,2-5,7H2,1H3/b11-10+. The van der Waals surface area contributed by atoms with E-state index >= 15 is 0 Å². The quantitative estimate of drug-likeness (QED) is 0.200. The topological polar surface area (TPSA) is 18.5 Å². The van der Waals surface area contributed by atoms with E-state index in [1.165, 1.54) is 6.08 Å². The summed E-state index contributed by atoms with van der Waals surface area (Å²) in [6.45, 7) is 2.04. The lowest BCUT2D eigenvalue weighted by molar-refractivity contribution is -0.145. The number of rotatable bonds is 9. The molecular formula is C25H23F7O2. The Morgan fingerprint density at radius 1 is 1.06 bits per heavy atom. The SMILES string of the molecule is CCCC1CC=C(C(F)(F)Oc2ccc(-c3cc(F)c(O/C=C/C(F)F)c(F)c3)c(F)c2)CC1. The van der Waals surface area contributed by atoms with Crippen molar-refractivity contribution in [2.24, 2.45) is 5.92 Å². The molecule has 0 fully saturated rings. The van der Waals surface area contributed by atoms with Crippen molar-refractivity contribution in [1.29, 1.82) is 0 Å². The molecule has 9 heteroatoms. The fraction of sp³-hybridized carbons (Fsp3) is 0.360. The van der Waals surface area contributed by atoms with Crippen LogP contribution in [0.1, 0.15) is 39.0 Å². The van der Waals surface area contributed by atoms with Gasteiger partial charge >= 0.3 is 6.11 Å². The smallest absolute Gasteiger partial charge is 0.422 e. The molecule has 0 saturated heterocycles. The molecule has 0 radical (unpaired) electrons. The summed E-state index contributed by atoms with van der Waals surface area (Å²) in [6, 6.07) is 4.31. The average Bonchev–Trinajstić information content (AvgIpc) is 2.76. The van der Waals surface area contributed by atoms with Gasteiger partial charge in [-0.3, -0.25) is 0 Å². The molecule has 0 spiro atoms. The molecule has 2 aromatic carbocycles. The fourth-order valence-corrected chi connectivity index (χ4v) is 3.82. The summed E-state index contributed by atoms with van der Waals surface area (Å²) in [4.78, 5) is 0. The first kappa shape index (κ1) is 25.6. The van der Waals surface area contributed by atoms with Crippen LogP contribution < -0.4 is 9.47 Å². The van der Waals surface area contributed by atoms with Crippen LogP contribution in [0, 0.1) is 23.4 Å². The van der Waals surface area contributed by atoms with Crippen molar-refractivity contribution in [1.82, 2.24) is 0 Å². The second-order valence-corrected chi connectivity index (χ2v) is 7.97. The Bertz CT molecular complexity index is 1040. The lowest BCUT2D eigenvalue weighted by Crippen LogP contribution is -2.29. The first-order valence-corrected chi connectivity index (χ1v) is 10.8. The number of alkyl halides is 4. The zero-order valence-electron chi connectivity index (χ0n) is 18.3. The van der Waals surface area contributed by atoms with Crippen LogP contribution in [0.25, 0.3) is 11.1 Å². The van der Waals surface area contributed by atoms with E-state index in [1.54, 1.807) is 0 Å². The molecule has 0 amide bonds. The first-order chi connectivity index (χ1) is 16.1. The minimum absolute atomic E-state index is 0.162. The zero-order valence-corrected chi connectivity index (χ0v) is 18.3. The normalized spacial score (nSPS) is 16.7. The van der Waals surface area contributed by atoms with E-state index in [2.05, 4.69) is 4.74 Å². The van der Waals surface area contributed by atoms with Crippen LogP contribution in [0.15, 0.2) is 54.3 Å². The first-order valence-electron chi connectivity index (χ1n) is 10.8. The van der Waals surface area contributed by atoms with E-state index in [9.17, 15) is 30.7 Å². The minimum Gasteiger partial charge on any atom is -0.459 e. The van der Waals surface area contributed by atoms with Crippen LogP contribution in [0.3, 0.4) is 0 Å². The molecule has 1 unspecified atom stereocenters. The molecule has 0 aromatic heterocycles. The van der Waals surface area contributed by atoms with E-state index in [4.69, 9.17) is 4.74 Å². The molecule has 184 valence electrons. The minimum atomic E-state index is -3.62. The summed E-state index contributed by atoms with van der Waals surface area (Å²) in [5.74, 6) is -4.58. The van der Waals surface area contributed by atoms with Crippen LogP contribution in [0.2, 0.25) is 0 Å². The van der Waals surface area contributed by atoms with Crippen LogP contribution in [-0.2, 0) is 0 Å². The van der Waals surface area contributed by atoms with Crippen molar-refractivity contribution in [3.05, 3.63) is 71.8 Å². The third-order valence-corrected chi connectivity index (χ3v) is 5.50. The molecule has 1 atom stereocenters. The number of ether oxygens (including phenoxy) is 2. The highest BCUT2D eigenvalue weighted by Crippen LogP contribution is 2.38. The molecule has 1 aliphatic rings. The van der Waals surface area contributed by atoms with Crippen LogP contribution in [0.4, 0.5) is 30.7 Å². The van der Waals surface area contributed by atoms with Crippen LogP contribution in [-0.4, -0.2) is 12.5 Å². The van der Waals surface area contributed by atoms with Crippen LogP contribution in [0.5, 0.6) is 11.5 Å². The Kier molecular flexibility index (Phi) is 8.28. The molecule has 0 N–H and O–H groups in total. The molecule has 0 aliphatic heterocycles. The van der Waals surface area contributed by atoms with Crippen molar-refractivity contribution in [3.63, 3.8) is 0 Å². The van der Waals surface area contributed by atoms with Crippen molar-refractivity contribution < 1.29 is 40.2 Å². The highest BCUT2D eigenvalue weighted by molar-refractivity contribution is 5.66. The maximum atomic E-state index is 14.6.